The molecule has 8 nitrogen and oxygen atoms in total. The number of nitrogens with zero attached hydrogens (tertiary/aromatic N) is 2. The summed E-state index contributed by atoms with van der Waals surface area (Å²) in [4.78, 5) is 42.6. The number of imidazole rings is 1. The Kier molecular flexibility index (Phi) is 6.74. The lowest BCUT2D eigenvalue weighted by Gasteiger charge is -2.07. The molecule has 3 aromatic rings. The topological polar surface area (TPSA) is 99.0 Å². The van der Waals surface area contributed by atoms with Gasteiger partial charge in [-0.3, -0.25) is 4.79 Å². The molecule has 0 fully saturated rings. The van der Waals surface area contributed by atoms with Gasteiger partial charge in [-0.25, -0.2) is 14.6 Å². The van der Waals surface area contributed by atoms with Crippen LogP contribution in [0.4, 0.5) is 5.00 Å². The number of carbonyl (C=O) groups excluding carboxylic acids is 3. The molecule has 0 aliphatic heterocycles. The summed E-state index contributed by atoms with van der Waals surface area (Å²) < 4.78 is 12.3. The maximum Gasteiger partial charge on any atom is 0.348 e. The van der Waals surface area contributed by atoms with Crippen LogP contribution >= 0.6 is 11.3 Å². The number of amides is 1. The van der Waals surface area contributed by atoms with Gasteiger partial charge in [-0.2, -0.15) is 0 Å². The number of carbonyl (C=O) groups is 3. The molecule has 0 bridgehead atoms. The normalized spacial score (nSPS) is 11.0. The summed E-state index contributed by atoms with van der Waals surface area (Å²) in [5.74, 6) is -1.38. The fourth-order valence-corrected chi connectivity index (χ4v) is 4.06. The number of rotatable bonds is 7. The highest BCUT2D eigenvalue weighted by molar-refractivity contribution is 7.18. The van der Waals surface area contributed by atoms with E-state index in [1.165, 1.54) is 0 Å². The summed E-state index contributed by atoms with van der Waals surface area (Å²) in [6.07, 6.45) is 3.60. The van der Waals surface area contributed by atoms with Crippen LogP contribution in [-0.4, -0.2) is 40.4 Å². The maximum atomic E-state index is 12.9. The summed E-state index contributed by atoms with van der Waals surface area (Å²) in [5.41, 5.74) is 2.43. The van der Waals surface area contributed by atoms with Crippen LogP contribution in [-0.2, 0) is 9.47 Å². The fourth-order valence-electron chi connectivity index (χ4n) is 2.98. The van der Waals surface area contributed by atoms with Crippen molar-refractivity contribution in [1.29, 1.82) is 0 Å². The van der Waals surface area contributed by atoms with Crippen molar-refractivity contribution in [2.24, 2.45) is 5.92 Å². The van der Waals surface area contributed by atoms with Gasteiger partial charge in [0.25, 0.3) is 5.91 Å². The summed E-state index contributed by atoms with van der Waals surface area (Å²) in [6, 6.07) is 3.32. The molecule has 0 aliphatic carbocycles. The molecule has 164 valence electrons. The highest BCUT2D eigenvalue weighted by atomic mass is 32.1. The molecular formula is C22H25N3O5S. The van der Waals surface area contributed by atoms with Crippen molar-refractivity contribution in [3.63, 3.8) is 0 Å². The second-order valence-electron chi connectivity index (χ2n) is 7.49. The van der Waals surface area contributed by atoms with E-state index in [0.29, 0.717) is 16.8 Å². The van der Waals surface area contributed by atoms with E-state index >= 15 is 0 Å². The Morgan fingerprint density at radius 3 is 2.61 bits per heavy atom. The average Bonchev–Trinajstić information content (AvgIpc) is 3.24. The van der Waals surface area contributed by atoms with E-state index in [-0.39, 0.29) is 34.6 Å². The number of aromatic nitrogens is 2. The van der Waals surface area contributed by atoms with Gasteiger partial charge in [0.15, 0.2) is 0 Å². The SMILES string of the molecule is CCOC(=O)c1c(NC(=O)c2ccn3cc(C)nc3c2)sc(C(=O)OCC(C)C)c1C. The minimum Gasteiger partial charge on any atom is -0.462 e. The van der Waals surface area contributed by atoms with E-state index in [1.54, 1.807) is 32.2 Å². The lowest BCUT2D eigenvalue weighted by molar-refractivity contribution is 0.0464. The number of nitrogens with one attached hydrogen (secondary N) is 1. The van der Waals surface area contributed by atoms with Gasteiger partial charge in [0.05, 0.1) is 24.5 Å². The Balaban J connectivity index is 1.93. The average molecular weight is 444 g/mol. The van der Waals surface area contributed by atoms with E-state index in [4.69, 9.17) is 9.47 Å². The van der Waals surface area contributed by atoms with Crippen molar-refractivity contribution in [3.8, 4) is 0 Å². The summed E-state index contributed by atoms with van der Waals surface area (Å²) >= 11 is 1.00. The van der Waals surface area contributed by atoms with Crippen LogP contribution < -0.4 is 5.32 Å². The third kappa shape index (κ3) is 4.93. The smallest absolute Gasteiger partial charge is 0.348 e. The minimum atomic E-state index is -0.603. The van der Waals surface area contributed by atoms with Crippen molar-refractivity contribution < 1.29 is 23.9 Å². The molecule has 31 heavy (non-hydrogen) atoms. The summed E-state index contributed by atoms with van der Waals surface area (Å²) in [5, 5.41) is 3.00. The summed E-state index contributed by atoms with van der Waals surface area (Å²) in [7, 11) is 0. The third-order valence-electron chi connectivity index (χ3n) is 4.43. The van der Waals surface area contributed by atoms with Gasteiger partial charge in [-0.1, -0.05) is 13.8 Å². The molecule has 0 unspecified atom stereocenters. The second kappa shape index (κ2) is 9.30. The van der Waals surface area contributed by atoms with E-state index in [2.05, 4.69) is 10.3 Å². The Labute approximate surface area is 184 Å². The molecule has 1 N–H and O–H groups in total. The van der Waals surface area contributed by atoms with Gasteiger partial charge < -0.3 is 19.2 Å². The Morgan fingerprint density at radius 1 is 1.19 bits per heavy atom. The number of esters is 2. The zero-order valence-electron chi connectivity index (χ0n) is 18.1. The van der Waals surface area contributed by atoms with E-state index in [0.717, 1.165) is 17.0 Å². The Bertz CT molecular complexity index is 1150. The summed E-state index contributed by atoms with van der Waals surface area (Å²) in [6.45, 7) is 9.50. The Hall–Kier alpha value is -3.20. The number of pyridine rings is 1. The fraction of sp³-hybridized carbons (Fsp3) is 0.364. The van der Waals surface area contributed by atoms with Crippen LogP contribution in [0, 0.1) is 19.8 Å². The molecule has 3 rings (SSSR count). The largest absolute Gasteiger partial charge is 0.462 e. The molecule has 3 aromatic heterocycles. The van der Waals surface area contributed by atoms with Gasteiger partial charge in [-0.05, 0) is 44.4 Å². The Morgan fingerprint density at radius 2 is 1.94 bits per heavy atom. The first-order chi connectivity index (χ1) is 14.7. The quantitative estimate of drug-likeness (QED) is 0.548. The van der Waals surface area contributed by atoms with Crippen LogP contribution in [0.5, 0.6) is 0 Å². The zero-order chi connectivity index (χ0) is 22.7. The third-order valence-corrected chi connectivity index (χ3v) is 5.62. The number of ether oxygens (including phenoxy) is 2. The molecule has 0 aromatic carbocycles. The molecule has 0 radical (unpaired) electrons. The van der Waals surface area contributed by atoms with Crippen molar-refractivity contribution in [3.05, 3.63) is 51.8 Å². The van der Waals surface area contributed by atoms with Crippen molar-refractivity contribution in [2.75, 3.05) is 18.5 Å². The van der Waals surface area contributed by atoms with Gasteiger partial charge >= 0.3 is 11.9 Å². The molecular weight excluding hydrogens is 418 g/mol. The molecule has 0 saturated carbocycles. The molecule has 0 atom stereocenters. The van der Waals surface area contributed by atoms with Crippen LogP contribution in [0.15, 0.2) is 24.5 Å². The lowest BCUT2D eigenvalue weighted by atomic mass is 10.1. The van der Waals surface area contributed by atoms with E-state index < -0.39 is 17.8 Å². The molecule has 9 heteroatoms. The number of thiophene rings is 1. The number of hydrogen-bond donors (Lipinski definition) is 1. The standard InChI is InChI=1S/C22H25N3O5S/c1-6-29-21(27)17-14(5)18(22(28)30-11-12(2)3)31-20(17)24-19(26)15-7-8-25-10-13(4)23-16(25)9-15/h7-10,12H,6,11H2,1-5H3,(H,24,26). The molecule has 0 aliphatic rings. The van der Waals surface area contributed by atoms with Gasteiger partial charge in [0, 0.05) is 18.0 Å². The van der Waals surface area contributed by atoms with Crippen LogP contribution in [0.2, 0.25) is 0 Å². The van der Waals surface area contributed by atoms with Crippen LogP contribution in [0.3, 0.4) is 0 Å². The van der Waals surface area contributed by atoms with E-state index in [9.17, 15) is 14.4 Å². The van der Waals surface area contributed by atoms with Gasteiger partial charge in [0.2, 0.25) is 0 Å². The monoisotopic (exact) mass is 443 g/mol. The first kappa shape index (κ1) is 22.5. The predicted octanol–water partition coefficient (Wildman–Crippen LogP) is 4.25. The van der Waals surface area contributed by atoms with E-state index in [1.807, 2.05) is 31.4 Å². The second-order valence-corrected chi connectivity index (χ2v) is 8.51. The highest BCUT2D eigenvalue weighted by Crippen LogP contribution is 2.34. The first-order valence-electron chi connectivity index (χ1n) is 9.95. The first-order valence-corrected chi connectivity index (χ1v) is 10.8. The maximum absolute atomic E-state index is 12.9. The van der Waals surface area contributed by atoms with Crippen LogP contribution in [0.1, 0.15) is 62.4 Å². The van der Waals surface area contributed by atoms with Gasteiger partial charge in [-0.15, -0.1) is 11.3 Å². The van der Waals surface area contributed by atoms with Gasteiger partial charge in [0.1, 0.15) is 15.5 Å². The molecule has 3 heterocycles. The van der Waals surface area contributed by atoms with Crippen molar-refractivity contribution in [1.82, 2.24) is 9.38 Å². The zero-order valence-corrected chi connectivity index (χ0v) is 19.0. The highest BCUT2D eigenvalue weighted by Gasteiger charge is 2.27. The molecule has 0 spiro atoms. The van der Waals surface area contributed by atoms with Crippen LogP contribution in [0.25, 0.3) is 5.65 Å². The van der Waals surface area contributed by atoms with Crippen molar-refractivity contribution >= 4 is 39.8 Å². The number of fused-ring (bicyclic) bond motifs is 1. The predicted molar refractivity (Wildman–Crippen MR) is 118 cm³/mol. The lowest BCUT2D eigenvalue weighted by Crippen LogP contribution is -2.15. The number of anilines is 1. The number of hydrogen-bond acceptors (Lipinski definition) is 7. The van der Waals surface area contributed by atoms with Crippen molar-refractivity contribution in [2.45, 2.75) is 34.6 Å². The minimum absolute atomic E-state index is 0.162. The molecule has 0 saturated heterocycles. The molecule has 1 amide bonds. The number of aryl methyl sites for hydroxylation is 1.